The van der Waals surface area contributed by atoms with Gasteiger partial charge in [-0.15, -0.1) is 0 Å². The molecule has 0 atom stereocenters. The van der Waals surface area contributed by atoms with Gasteiger partial charge in [0.2, 0.25) is 5.75 Å². The number of nitriles is 1. The predicted molar refractivity (Wildman–Crippen MR) is 101 cm³/mol. The third kappa shape index (κ3) is 3.31. The standard InChI is InChI=1S/C21H18N2O3/c1-24-19-11-14(12-20(25-2)21(19)26-3)10-16(13-22)18-9-8-15-6-4-5-7-17(15)23-18/h4-12H,1-3H3/b16-10-. The number of aromatic nitrogens is 1. The predicted octanol–water partition coefficient (Wildman–Crippen LogP) is 4.32. The molecule has 0 fully saturated rings. The molecule has 0 aliphatic heterocycles. The van der Waals surface area contributed by atoms with Gasteiger partial charge in [0.15, 0.2) is 11.5 Å². The molecule has 130 valence electrons. The zero-order valence-corrected chi connectivity index (χ0v) is 14.8. The minimum absolute atomic E-state index is 0.449. The normalized spacial score (nSPS) is 11.1. The molecular weight excluding hydrogens is 328 g/mol. The van der Waals surface area contributed by atoms with Gasteiger partial charge in [-0.05, 0) is 35.9 Å². The molecule has 1 heterocycles. The van der Waals surface area contributed by atoms with Crippen LogP contribution in [0.1, 0.15) is 11.3 Å². The zero-order valence-electron chi connectivity index (χ0n) is 14.8. The quantitative estimate of drug-likeness (QED) is 0.644. The fourth-order valence-electron chi connectivity index (χ4n) is 2.73. The smallest absolute Gasteiger partial charge is 0.203 e. The number of hydrogen-bond acceptors (Lipinski definition) is 5. The average molecular weight is 346 g/mol. The largest absolute Gasteiger partial charge is 0.493 e. The van der Waals surface area contributed by atoms with Crippen molar-refractivity contribution in [3.8, 4) is 23.3 Å². The molecule has 0 amide bonds. The summed E-state index contributed by atoms with van der Waals surface area (Å²) in [6.07, 6.45) is 1.75. The molecule has 5 nitrogen and oxygen atoms in total. The molecule has 0 aliphatic carbocycles. The Morgan fingerprint density at radius 1 is 0.962 bits per heavy atom. The van der Waals surface area contributed by atoms with Crippen molar-refractivity contribution in [1.82, 2.24) is 4.98 Å². The molecule has 1 aromatic heterocycles. The van der Waals surface area contributed by atoms with Crippen molar-refractivity contribution in [2.45, 2.75) is 0 Å². The fourth-order valence-corrected chi connectivity index (χ4v) is 2.73. The van der Waals surface area contributed by atoms with Gasteiger partial charge >= 0.3 is 0 Å². The lowest BCUT2D eigenvalue weighted by molar-refractivity contribution is 0.324. The molecule has 0 unspecified atom stereocenters. The summed E-state index contributed by atoms with van der Waals surface area (Å²) in [6.45, 7) is 0. The summed E-state index contributed by atoms with van der Waals surface area (Å²) < 4.78 is 16.1. The molecule has 0 N–H and O–H groups in total. The summed E-state index contributed by atoms with van der Waals surface area (Å²) in [6, 6.07) is 17.4. The Morgan fingerprint density at radius 3 is 2.27 bits per heavy atom. The highest BCUT2D eigenvalue weighted by Gasteiger charge is 2.13. The lowest BCUT2D eigenvalue weighted by Gasteiger charge is -2.13. The monoisotopic (exact) mass is 346 g/mol. The van der Waals surface area contributed by atoms with Crippen molar-refractivity contribution in [1.29, 1.82) is 5.26 Å². The molecule has 2 aromatic carbocycles. The van der Waals surface area contributed by atoms with Crippen molar-refractivity contribution < 1.29 is 14.2 Å². The molecule has 0 bridgehead atoms. The second-order valence-electron chi connectivity index (χ2n) is 5.52. The fraction of sp³-hybridized carbons (Fsp3) is 0.143. The molecule has 0 radical (unpaired) electrons. The van der Waals surface area contributed by atoms with Crippen LogP contribution in [-0.4, -0.2) is 26.3 Å². The maximum Gasteiger partial charge on any atom is 0.203 e. The molecule has 0 saturated heterocycles. The number of fused-ring (bicyclic) bond motifs is 1. The van der Waals surface area contributed by atoms with E-state index in [0.29, 0.717) is 28.5 Å². The number of methoxy groups -OCH3 is 3. The van der Waals surface area contributed by atoms with Crippen LogP contribution in [0.5, 0.6) is 17.2 Å². The summed E-state index contributed by atoms with van der Waals surface area (Å²) in [4.78, 5) is 4.58. The Balaban J connectivity index is 2.09. The van der Waals surface area contributed by atoms with Gasteiger partial charge in [-0.1, -0.05) is 24.3 Å². The highest BCUT2D eigenvalue weighted by molar-refractivity contribution is 5.91. The van der Waals surface area contributed by atoms with Gasteiger partial charge in [0, 0.05) is 5.39 Å². The molecule has 26 heavy (non-hydrogen) atoms. The molecule has 3 aromatic rings. The average Bonchev–Trinajstić information content (AvgIpc) is 2.70. The van der Waals surface area contributed by atoms with E-state index in [2.05, 4.69) is 11.1 Å². The number of hydrogen-bond donors (Lipinski definition) is 0. The number of rotatable bonds is 5. The summed E-state index contributed by atoms with van der Waals surface area (Å²) in [5, 5.41) is 10.7. The van der Waals surface area contributed by atoms with Gasteiger partial charge in [-0.25, -0.2) is 4.98 Å². The van der Waals surface area contributed by atoms with Crippen LogP contribution in [0.2, 0.25) is 0 Å². The van der Waals surface area contributed by atoms with Gasteiger partial charge in [0.05, 0.1) is 38.1 Å². The van der Waals surface area contributed by atoms with Crippen LogP contribution in [0, 0.1) is 11.3 Å². The summed E-state index contributed by atoms with van der Waals surface area (Å²) in [5.74, 6) is 1.57. The van der Waals surface area contributed by atoms with E-state index in [9.17, 15) is 5.26 Å². The Bertz CT molecular complexity index is 994. The van der Waals surface area contributed by atoms with Crippen molar-refractivity contribution in [3.05, 3.63) is 59.8 Å². The number of ether oxygens (including phenoxy) is 3. The van der Waals surface area contributed by atoms with Crippen LogP contribution in [0.4, 0.5) is 0 Å². The van der Waals surface area contributed by atoms with E-state index in [-0.39, 0.29) is 0 Å². The lowest BCUT2D eigenvalue weighted by Crippen LogP contribution is -1.96. The van der Waals surface area contributed by atoms with E-state index in [1.54, 1.807) is 39.5 Å². The lowest BCUT2D eigenvalue weighted by atomic mass is 10.1. The summed E-state index contributed by atoms with van der Waals surface area (Å²) in [5.41, 5.74) is 2.66. The summed E-state index contributed by atoms with van der Waals surface area (Å²) in [7, 11) is 4.66. The summed E-state index contributed by atoms with van der Waals surface area (Å²) >= 11 is 0. The second-order valence-corrected chi connectivity index (χ2v) is 5.52. The van der Waals surface area contributed by atoms with Crippen LogP contribution in [0.25, 0.3) is 22.6 Å². The number of benzene rings is 2. The molecule has 0 aliphatic rings. The van der Waals surface area contributed by atoms with Gasteiger partial charge < -0.3 is 14.2 Å². The Hall–Kier alpha value is -3.52. The van der Waals surface area contributed by atoms with Gasteiger partial charge in [0.1, 0.15) is 6.07 Å². The third-order valence-electron chi connectivity index (χ3n) is 3.99. The van der Waals surface area contributed by atoms with E-state index in [0.717, 1.165) is 16.5 Å². The first-order valence-corrected chi connectivity index (χ1v) is 7.98. The number of allylic oxidation sites excluding steroid dienone is 1. The minimum Gasteiger partial charge on any atom is -0.493 e. The topological polar surface area (TPSA) is 64.4 Å². The van der Waals surface area contributed by atoms with E-state index in [1.807, 2.05) is 36.4 Å². The van der Waals surface area contributed by atoms with Crippen LogP contribution < -0.4 is 14.2 Å². The number of nitrogens with zero attached hydrogens (tertiary/aromatic N) is 2. The molecule has 0 saturated carbocycles. The number of pyridine rings is 1. The molecule has 0 spiro atoms. The van der Waals surface area contributed by atoms with Crippen molar-refractivity contribution in [3.63, 3.8) is 0 Å². The highest BCUT2D eigenvalue weighted by Crippen LogP contribution is 2.39. The minimum atomic E-state index is 0.449. The maximum absolute atomic E-state index is 9.62. The first-order chi connectivity index (χ1) is 12.7. The Morgan fingerprint density at radius 2 is 1.65 bits per heavy atom. The van der Waals surface area contributed by atoms with E-state index >= 15 is 0 Å². The van der Waals surface area contributed by atoms with Crippen LogP contribution >= 0.6 is 0 Å². The first-order valence-electron chi connectivity index (χ1n) is 7.98. The first kappa shape index (κ1) is 17.3. The van der Waals surface area contributed by atoms with E-state index < -0.39 is 0 Å². The zero-order chi connectivity index (χ0) is 18.5. The van der Waals surface area contributed by atoms with Gasteiger partial charge in [-0.2, -0.15) is 5.26 Å². The Kier molecular flexibility index (Phi) is 5.04. The molecular formula is C21H18N2O3. The second kappa shape index (κ2) is 7.58. The van der Waals surface area contributed by atoms with E-state index in [4.69, 9.17) is 14.2 Å². The third-order valence-corrected chi connectivity index (χ3v) is 3.99. The highest BCUT2D eigenvalue weighted by atomic mass is 16.5. The van der Waals surface area contributed by atoms with Gasteiger partial charge in [-0.3, -0.25) is 0 Å². The van der Waals surface area contributed by atoms with Crippen molar-refractivity contribution >= 4 is 22.6 Å². The Labute approximate surface area is 152 Å². The number of para-hydroxylation sites is 1. The van der Waals surface area contributed by atoms with Crippen LogP contribution in [0.15, 0.2) is 48.5 Å². The van der Waals surface area contributed by atoms with Crippen LogP contribution in [-0.2, 0) is 0 Å². The SMILES string of the molecule is COc1cc(/C=C(/C#N)c2ccc3ccccc3n2)cc(OC)c1OC. The maximum atomic E-state index is 9.62. The van der Waals surface area contributed by atoms with Crippen molar-refractivity contribution in [2.24, 2.45) is 0 Å². The molecule has 3 rings (SSSR count). The van der Waals surface area contributed by atoms with Gasteiger partial charge in [0.25, 0.3) is 0 Å². The van der Waals surface area contributed by atoms with Crippen LogP contribution in [0.3, 0.4) is 0 Å². The van der Waals surface area contributed by atoms with Crippen molar-refractivity contribution in [2.75, 3.05) is 21.3 Å². The van der Waals surface area contributed by atoms with E-state index in [1.165, 1.54) is 0 Å². The molecule has 5 heteroatoms.